The van der Waals surface area contributed by atoms with Crippen molar-refractivity contribution in [3.05, 3.63) is 44.9 Å². The van der Waals surface area contributed by atoms with Gasteiger partial charge in [0.05, 0.1) is 9.93 Å². The standard InChI is InChI=1S/C12H13N3O4S2/c1-21(18,19)10-4-2-3-9(12(10)15(16)17)13-6-5-11-14-7-8-20-11/h2-4,7-8,13H,5-6H2,1H3. The molecular formula is C12H13N3O4S2. The van der Waals surface area contributed by atoms with Gasteiger partial charge in [-0.1, -0.05) is 6.07 Å². The highest BCUT2D eigenvalue weighted by atomic mass is 32.2. The Labute approximate surface area is 125 Å². The molecule has 2 aromatic rings. The van der Waals surface area contributed by atoms with Crippen molar-refractivity contribution in [1.29, 1.82) is 0 Å². The van der Waals surface area contributed by atoms with Crippen molar-refractivity contribution in [2.45, 2.75) is 11.3 Å². The van der Waals surface area contributed by atoms with E-state index in [9.17, 15) is 18.5 Å². The molecule has 0 radical (unpaired) electrons. The molecule has 0 saturated heterocycles. The second kappa shape index (κ2) is 6.19. The molecule has 1 N–H and O–H groups in total. The number of nitro benzene ring substituents is 1. The Hall–Kier alpha value is -2.00. The van der Waals surface area contributed by atoms with Gasteiger partial charge in [0.2, 0.25) is 0 Å². The number of sulfone groups is 1. The minimum absolute atomic E-state index is 0.194. The first-order valence-corrected chi connectivity index (χ1v) is 8.76. The fraction of sp³-hybridized carbons (Fsp3) is 0.250. The second-order valence-electron chi connectivity index (χ2n) is 4.28. The molecule has 2 rings (SSSR count). The van der Waals surface area contributed by atoms with E-state index < -0.39 is 20.4 Å². The third kappa shape index (κ3) is 3.76. The summed E-state index contributed by atoms with van der Waals surface area (Å²) < 4.78 is 23.3. The lowest BCUT2D eigenvalue weighted by molar-refractivity contribution is -0.386. The number of hydrogen-bond donors (Lipinski definition) is 1. The Kier molecular flexibility index (Phi) is 4.53. The smallest absolute Gasteiger partial charge is 0.310 e. The average Bonchev–Trinajstić information content (AvgIpc) is 2.90. The van der Waals surface area contributed by atoms with Crippen molar-refractivity contribution in [3.8, 4) is 0 Å². The number of anilines is 1. The van der Waals surface area contributed by atoms with Crippen molar-refractivity contribution < 1.29 is 13.3 Å². The van der Waals surface area contributed by atoms with Crippen LogP contribution in [-0.4, -0.2) is 31.1 Å². The number of nitrogens with one attached hydrogen (secondary N) is 1. The summed E-state index contributed by atoms with van der Waals surface area (Å²) in [5.74, 6) is 0. The molecule has 0 fully saturated rings. The maximum atomic E-state index is 11.6. The monoisotopic (exact) mass is 327 g/mol. The zero-order valence-corrected chi connectivity index (χ0v) is 12.8. The summed E-state index contributed by atoms with van der Waals surface area (Å²) in [6, 6.07) is 4.21. The van der Waals surface area contributed by atoms with Gasteiger partial charge in [-0.15, -0.1) is 11.3 Å². The Balaban J connectivity index is 2.24. The SMILES string of the molecule is CS(=O)(=O)c1cccc(NCCc2nccs2)c1[N+](=O)[O-]. The number of nitro groups is 1. The van der Waals surface area contributed by atoms with Gasteiger partial charge in [-0.05, 0) is 12.1 Å². The van der Waals surface area contributed by atoms with Crippen LogP contribution in [0.15, 0.2) is 34.7 Å². The number of thiazole rings is 1. The van der Waals surface area contributed by atoms with Gasteiger partial charge in [-0.25, -0.2) is 13.4 Å². The molecule has 0 amide bonds. The van der Waals surface area contributed by atoms with E-state index in [1.807, 2.05) is 5.38 Å². The highest BCUT2D eigenvalue weighted by molar-refractivity contribution is 7.90. The summed E-state index contributed by atoms with van der Waals surface area (Å²) >= 11 is 1.50. The molecule has 0 aliphatic rings. The summed E-state index contributed by atoms with van der Waals surface area (Å²) in [4.78, 5) is 14.3. The van der Waals surface area contributed by atoms with Gasteiger partial charge in [0.15, 0.2) is 9.84 Å². The number of rotatable bonds is 6. The second-order valence-corrected chi connectivity index (χ2v) is 7.25. The maximum Gasteiger partial charge on any atom is 0.310 e. The molecule has 1 aromatic carbocycles. The third-order valence-electron chi connectivity index (χ3n) is 2.72. The van der Waals surface area contributed by atoms with Crippen molar-refractivity contribution in [2.75, 3.05) is 18.1 Å². The Morgan fingerprint density at radius 3 is 2.76 bits per heavy atom. The van der Waals surface area contributed by atoms with Gasteiger partial charge in [0, 0.05) is 30.8 Å². The third-order valence-corrected chi connectivity index (χ3v) is 4.69. The van der Waals surface area contributed by atoms with Crippen LogP contribution in [0.1, 0.15) is 5.01 Å². The fourth-order valence-corrected chi connectivity index (χ4v) is 3.31. The van der Waals surface area contributed by atoms with E-state index in [0.29, 0.717) is 13.0 Å². The molecule has 7 nitrogen and oxygen atoms in total. The Morgan fingerprint density at radius 2 is 2.19 bits per heavy atom. The minimum atomic E-state index is -3.66. The molecule has 1 heterocycles. The van der Waals surface area contributed by atoms with Crippen molar-refractivity contribution in [2.24, 2.45) is 0 Å². The average molecular weight is 327 g/mol. The number of nitrogens with zero attached hydrogens (tertiary/aromatic N) is 2. The molecule has 0 spiro atoms. The van der Waals surface area contributed by atoms with Gasteiger partial charge in [-0.3, -0.25) is 10.1 Å². The number of benzene rings is 1. The molecule has 0 aliphatic heterocycles. The normalized spacial score (nSPS) is 11.3. The summed E-state index contributed by atoms with van der Waals surface area (Å²) in [5, 5.41) is 16.8. The number of hydrogen-bond acceptors (Lipinski definition) is 7. The summed E-state index contributed by atoms with van der Waals surface area (Å²) in [7, 11) is -3.66. The number of aromatic nitrogens is 1. The molecule has 112 valence electrons. The first kappa shape index (κ1) is 15.4. The van der Waals surface area contributed by atoms with Crippen LogP contribution < -0.4 is 5.32 Å². The molecular weight excluding hydrogens is 314 g/mol. The lowest BCUT2D eigenvalue weighted by atomic mass is 10.2. The highest BCUT2D eigenvalue weighted by Crippen LogP contribution is 2.31. The topological polar surface area (TPSA) is 102 Å². The lowest BCUT2D eigenvalue weighted by Crippen LogP contribution is -2.10. The van der Waals surface area contributed by atoms with Crippen molar-refractivity contribution in [3.63, 3.8) is 0 Å². The zero-order valence-electron chi connectivity index (χ0n) is 11.1. The molecule has 21 heavy (non-hydrogen) atoms. The van der Waals surface area contributed by atoms with Crippen LogP contribution in [0.2, 0.25) is 0 Å². The van der Waals surface area contributed by atoms with Gasteiger partial charge in [0.25, 0.3) is 0 Å². The van der Waals surface area contributed by atoms with Crippen LogP contribution in [0.5, 0.6) is 0 Å². The first-order chi connectivity index (χ1) is 9.89. The Morgan fingerprint density at radius 1 is 1.43 bits per heavy atom. The van der Waals surface area contributed by atoms with Gasteiger partial charge < -0.3 is 5.32 Å². The van der Waals surface area contributed by atoms with E-state index in [-0.39, 0.29) is 10.6 Å². The van der Waals surface area contributed by atoms with Gasteiger partial charge >= 0.3 is 5.69 Å². The molecule has 0 atom stereocenters. The molecule has 0 unspecified atom stereocenters. The molecule has 0 aliphatic carbocycles. The van der Waals surface area contributed by atoms with Crippen LogP contribution in [0.3, 0.4) is 0 Å². The van der Waals surface area contributed by atoms with E-state index in [0.717, 1.165) is 11.3 Å². The van der Waals surface area contributed by atoms with Crippen molar-refractivity contribution in [1.82, 2.24) is 4.98 Å². The van der Waals surface area contributed by atoms with Crippen LogP contribution >= 0.6 is 11.3 Å². The van der Waals surface area contributed by atoms with E-state index in [1.54, 1.807) is 6.20 Å². The minimum Gasteiger partial charge on any atom is -0.379 e. The van der Waals surface area contributed by atoms with Gasteiger partial charge in [-0.2, -0.15) is 0 Å². The summed E-state index contributed by atoms with van der Waals surface area (Å²) in [6.45, 7) is 0.432. The summed E-state index contributed by atoms with van der Waals surface area (Å²) in [5.41, 5.74) is -0.224. The van der Waals surface area contributed by atoms with E-state index in [2.05, 4.69) is 10.3 Å². The highest BCUT2D eigenvalue weighted by Gasteiger charge is 2.25. The van der Waals surface area contributed by atoms with E-state index in [1.165, 1.54) is 29.5 Å². The predicted octanol–water partition coefficient (Wildman–Crippen LogP) is 2.11. The number of para-hydroxylation sites is 1. The molecule has 0 saturated carbocycles. The maximum absolute atomic E-state index is 11.6. The summed E-state index contributed by atoms with van der Waals surface area (Å²) in [6.07, 6.45) is 3.25. The predicted molar refractivity (Wildman–Crippen MR) is 80.5 cm³/mol. The van der Waals surface area contributed by atoms with Gasteiger partial charge in [0.1, 0.15) is 10.6 Å². The molecule has 9 heteroatoms. The first-order valence-electron chi connectivity index (χ1n) is 5.99. The van der Waals surface area contributed by atoms with E-state index in [4.69, 9.17) is 0 Å². The lowest BCUT2D eigenvalue weighted by Gasteiger charge is -2.08. The largest absolute Gasteiger partial charge is 0.379 e. The van der Waals surface area contributed by atoms with Crippen LogP contribution in [0.4, 0.5) is 11.4 Å². The Bertz CT molecular complexity index is 742. The van der Waals surface area contributed by atoms with Crippen LogP contribution in [-0.2, 0) is 16.3 Å². The van der Waals surface area contributed by atoms with Crippen molar-refractivity contribution >= 4 is 32.5 Å². The van der Waals surface area contributed by atoms with Crippen LogP contribution in [0.25, 0.3) is 0 Å². The molecule has 0 bridgehead atoms. The zero-order chi connectivity index (χ0) is 15.5. The quantitative estimate of drug-likeness (QED) is 0.644. The fourth-order valence-electron chi connectivity index (χ4n) is 1.83. The van der Waals surface area contributed by atoms with Crippen LogP contribution in [0, 0.1) is 10.1 Å². The molecule has 1 aromatic heterocycles. The van der Waals surface area contributed by atoms with E-state index >= 15 is 0 Å².